The molecule has 2 aromatic heterocycles. The fourth-order valence-corrected chi connectivity index (χ4v) is 2.88. The van der Waals surface area contributed by atoms with Crippen molar-refractivity contribution >= 4 is 5.91 Å². The van der Waals surface area contributed by atoms with Gasteiger partial charge in [0.1, 0.15) is 6.54 Å². The van der Waals surface area contributed by atoms with Crippen LogP contribution in [-0.4, -0.2) is 45.3 Å². The van der Waals surface area contributed by atoms with Crippen LogP contribution in [0.2, 0.25) is 0 Å². The molecular formula is C15H22N6O. The number of carbonyl (C=O) groups excluding carboxylic acids is 1. The van der Waals surface area contributed by atoms with E-state index < -0.39 is 0 Å². The molecule has 3 N–H and O–H groups in total. The van der Waals surface area contributed by atoms with Crippen LogP contribution in [-0.2, 0) is 17.8 Å². The van der Waals surface area contributed by atoms with Crippen molar-refractivity contribution in [1.29, 1.82) is 0 Å². The van der Waals surface area contributed by atoms with Gasteiger partial charge in [-0.2, -0.15) is 5.10 Å². The molecule has 0 aliphatic carbocycles. The summed E-state index contributed by atoms with van der Waals surface area (Å²) in [4.78, 5) is 19.0. The van der Waals surface area contributed by atoms with Gasteiger partial charge in [0, 0.05) is 49.2 Å². The summed E-state index contributed by atoms with van der Waals surface area (Å²) in [5.41, 5.74) is 2.17. The van der Waals surface area contributed by atoms with Crippen molar-refractivity contribution in [2.24, 2.45) is 0 Å². The highest BCUT2D eigenvalue weighted by molar-refractivity contribution is 5.75. The Labute approximate surface area is 129 Å². The molecule has 1 fully saturated rings. The van der Waals surface area contributed by atoms with Crippen LogP contribution in [0.4, 0.5) is 0 Å². The molecule has 3 rings (SSSR count). The fourth-order valence-electron chi connectivity index (χ4n) is 2.88. The second-order valence-corrected chi connectivity index (χ2v) is 5.63. The number of nitrogens with one attached hydrogen (secondary N) is 3. The first kappa shape index (κ1) is 14.8. The minimum atomic E-state index is -0.00626. The number of imidazole rings is 1. The second kappa shape index (κ2) is 7.22. The first-order chi connectivity index (χ1) is 10.8. The Kier molecular flexibility index (Phi) is 4.85. The van der Waals surface area contributed by atoms with Crippen LogP contribution in [0.1, 0.15) is 30.1 Å². The highest BCUT2D eigenvalue weighted by atomic mass is 16.2. The van der Waals surface area contributed by atoms with Gasteiger partial charge in [0.25, 0.3) is 0 Å². The Morgan fingerprint density at radius 3 is 3.23 bits per heavy atom. The number of rotatable bonds is 6. The predicted molar refractivity (Wildman–Crippen MR) is 82.4 cm³/mol. The topological polar surface area (TPSA) is 87.6 Å². The maximum atomic E-state index is 12.1. The number of nitrogens with zero attached hydrogens (tertiary/aromatic N) is 3. The molecule has 118 valence electrons. The quantitative estimate of drug-likeness (QED) is 0.722. The van der Waals surface area contributed by atoms with Gasteiger partial charge in [0.15, 0.2) is 0 Å². The molecule has 1 aliphatic rings. The zero-order valence-corrected chi connectivity index (χ0v) is 12.6. The molecule has 7 nitrogen and oxygen atoms in total. The Morgan fingerprint density at radius 2 is 2.45 bits per heavy atom. The van der Waals surface area contributed by atoms with Crippen LogP contribution in [0.5, 0.6) is 0 Å². The Morgan fingerprint density at radius 1 is 1.50 bits per heavy atom. The van der Waals surface area contributed by atoms with Crippen LogP contribution in [0.3, 0.4) is 0 Å². The number of piperidine rings is 1. The summed E-state index contributed by atoms with van der Waals surface area (Å²) in [5.74, 6) is 0.447. The fraction of sp³-hybridized carbons (Fsp3) is 0.533. The van der Waals surface area contributed by atoms with Gasteiger partial charge in [-0.25, -0.2) is 4.98 Å². The predicted octanol–water partition coefficient (Wildman–Crippen LogP) is 0.432. The monoisotopic (exact) mass is 302 g/mol. The van der Waals surface area contributed by atoms with Crippen LogP contribution in [0.15, 0.2) is 24.8 Å². The van der Waals surface area contributed by atoms with Crippen LogP contribution in [0.25, 0.3) is 0 Å². The van der Waals surface area contributed by atoms with Crippen molar-refractivity contribution in [3.8, 4) is 0 Å². The molecule has 1 aliphatic heterocycles. The molecule has 22 heavy (non-hydrogen) atoms. The largest absolute Gasteiger partial charge is 0.354 e. The second-order valence-electron chi connectivity index (χ2n) is 5.63. The molecule has 0 radical (unpaired) electrons. The Balaban J connectivity index is 1.50. The number of amides is 1. The van der Waals surface area contributed by atoms with Gasteiger partial charge in [-0.1, -0.05) is 0 Å². The minimum Gasteiger partial charge on any atom is -0.354 e. The third-order valence-corrected chi connectivity index (χ3v) is 4.03. The van der Waals surface area contributed by atoms with Crippen molar-refractivity contribution in [1.82, 2.24) is 30.4 Å². The van der Waals surface area contributed by atoms with Gasteiger partial charge in [-0.3, -0.25) is 9.48 Å². The van der Waals surface area contributed by atoms with E-state index in [4.69, 9.17) is 0 Å². The lowest BCUT2D eigenvalue weighted by molar-refractivity contribution is -0.121. The molecule has 1 saturated heterocycles. The molecule has 0 spiro atoms. The lowest BCUT2D eigenvalue weighted by Crippen LogP contribution is -2.33. The Hall–Kier alpha value is -2.15. The first-order valence-electron chi connectivity index (χ1n) is 7.79. The maximum Gasteiger partial charge on any atom is 0.241 e. The van der Waals surface area contributed by atoms with Crippen molar-refractivity contribution in [3.05, 3.63) is 36.2 Å². The van der Waals surface area contributed by atoms with Crippen LogP contribution < -0.4 is 10.6 Å². The average Bonchev–Trinajstić information content (AvgIpc) is 3.20. The van der Waals surface area contributed by atoms with E-state index in [2.05, 4.69) is 25.7 Å². The van der Waals surface area contributed by atoms with E-state index in [0.29, 0.717) is 12.5 Å². The zero-order valence-electron chi connectivity index (χ0n) is 12.6. The van der Waals surface area contributed by atoms with Gasteiger partial charge in [-0.15, -0.1) is 0 Å². The van der Waals surface area contributed by atoms with Gasteiger partial charge >= 0.3 is 0 Å². The third-order valence-electron chi connectivity index (χ3n) is 4.03. The van der Waals surface area contributed by atoms with Gasteiger partial charge in [0.2, 0.25) is 5.91 Å². The smallest absolute Gasteiger partial charge is 0.241 e. The van der Waals surface area contributed by atoms with Crippen molar-refractivity contribution in [3.63, 3.8) is 0 Å². The standard InChI is InChI=1S/C15H22N6O/c22-15(18-6-3-13-9-17-11-19-13)10-21-14(4-7-20-21)12-2-1-5-16-8-12/h4,7,9,11-12,16H,1-3,5-6,8,10H2,(H,17,19)(H,18,22). The summed E-state index contributed by atoms with van der Waals surface area (Å²) in [6.45, 7) is 2.93. The van der Waals surface area contributed by atoms with E-state index in [-0.39, 0.29) is 12.5 Å². The van der Waals surface area contributed by atoms with Crippen LogP contribution in [0, 0.1) is 0 Å². The molecule has 0 saturated carbocycles. The molecular weight excluding hydrogens is 280 g/mol. The molecule has 2 aromatic rings. The Bertz CT molecular complexity index is 585. The number of aromatic amines is 1. The lowest BCUT2D eigenvalue weighted by atomic mass is 9.96. The van der Waals surface area contributed by atoms with E-state index >= 15 is 0 Å². The van der Waals surface area contributed by atoms with Gasteiger partial charge in [0.05, 0.1) is 6.33 Å². The average molecular weight is 302 g/mol. The molecule has 0 aromatic carbocycles. The summed E-state index contributed by atoms with van der Waals surface area (Å²) in [6.07, 6.45) is 8.28. The maximum absolute atomic E-state index is 12.1. The third kappa shape index (κ3) is 3.73. The molecule has 0 bridgehead atoms. The highest BCUT2D eigenvalue weighted by Gasteiger charge is 2.19. The lowest BCUT2D eigenvalue weighted by Gasteiger charge is -2.23. The summed E-state index contributed by atoms with van der Waals surface area (Å²) < 4.78 is 1.82. The SMILES string of the molecule is O=C(Cn1nccc1C1CCCNC1)NCCc1cnc[nH]1. The van der Waals surface area contributed by atoms with Crippen molar-refractivity contribution < 1.29 is 4.79 Å². The first-order valence-corrected chi connectivity index (χ1v) is 7.79. The zero-order chi connectivity index (χ0) is 15.2. The number of H-pyrrole nitrogens is 1. The molecule has 3 heterocycles. The normalized spacial score (nSPS) is 18.3. The summed E-state index contributed by atoms with van der Waals surface area (Å²) >= 11 is 0. The van der Waals surface area contributed by atoms with Crippen molar-refractivity contribution in [2.75, 3.05) is 19.6 Å². The summed E-state index contributed by atoms with van der Waals surface area (Å²) in [6, 6.07) is 2.02. The number of hydrogen-bond donors (Lipinski definition) is 3. The van der Waals surface area contributed by atoms with E-state index in [1.807, 2.05) is 10.7 Å². The van der Waals surface area contributed by atoms with Crippen molar-refractivity contribution in [2.45, 2.75) is 31.7 Å². The summed E-state index contributed by atoms with van der Waals surface area (Å²) in [5, 5.41) is 10.6. The van der Waals surface area contributed by atoms with Gasteiger partial charge < -0.3 is 15.6 Å². The number of hydrogen-bond acceptors (Lipinski definition) is 4. The van der Waals surface area contributed by atoms with E-state index in [1.54, 1.807) is 18.7 Å². The molecule has 1 amide bonds. The molecule has 1 unspecified atom stereocenters. The van der Waals surface area contributed by atoms with Crippen LogP contribution >= 0.6 is 0 Å². The molecule has 7 heteroatoms. The minimum absolute atomic E-state index is 0.00626. The van der Waals surface area contributed by atoms with E-state index in [0.717, 1.165) is 37.3 Å². The number of aromatic nitrogens is 4. The van der Waals surface area contributed by atoms with E-state index in [1.165, 1.54) is 6.42 Å². The number of carbonyl (C=O) groups is 1. The van der Waals surface area contributed by atoms with Gasteiger partial charge in [-0.05, 0) is 25.5 Å². The molecule has 1 atom stereocenters. The van der Waals surface area contributed by atoms with E-state index in [9.17, 15) is 4.79 Å². The summed E-state index contributed by atoms with van der Waals surface area (Å²) in [7, 11) is 0. The highest BCUT2D eigenvalue weighted by Crippen LogP contribution is 2.22.